The number of nitrogens with zero attached hydrogens (tertiary/aromatic N) is 1. The standard InChI is InChI=1S/C10H9NO/c1-8(6-11)10-5-3-2-4-9(10)7-12/h2-5,7-8H,1H3. The number of hydrogen-bond acceptors (Lipinski definition) is 2. The number of carbonyl (C=O) groups is 1. The smallest absolute Gasteiger partial charge is 0.150 e. The van der Waals surface area contributed by atoms with E-state index in [9.17, 15) is 4.79 Å². The van der Waals surface area contributed by atoms with Crippen molar-refractivity contribution in [3.63, 3.8) is 0 Å². The summed E-state index contributed by atoms with van der Waals surface area (Å²) >= 11 is 0. The van der Waals surface area contributed by atoms with Crippen LogP contribution in [-0.4, -0.2) is 6.29 Å². The molecule has 0 N–H and O–H groups in total. The van der Waals surface area contributed by atoms with Crippen LogP contribution in [0.15, 0.2) is 24.3 Å². The van der Waals surface area contributed by atoms with Gasteiger partial charge in [-0.3, -0.25) is 4.79 Å². The van der Waals surface area contributed by atoms with E-state index >= 15 is 0 Å². The van der Waals surface area contributed by atoms with Crippen molar-refractivity contribution < 1.29 is 4.79 Å². The molecular formula is C10H9NO. The van der Waals surface area contributed by atoms with Gasteiger partial charge in [-0.15, -0.1) is 0 Å². The molecule has 2 heteroatoms. The molecule has 0 amide bonds. The topological polar surface area (TPSA) is 40.9 Å². The molecule has 0 spiro atoms. The fraction of sp³-hybridized carbons (Fsp3) is 0.200. The monoisotopic (exact) mass is 159 g/mol. The minimum Gasteiger partial charge on any atom is -0.298 e. The predicted molar refractivity (Wildman–Crippen MR) is 45.9 cm³/mol. The molecule has 0 aliphatic rings. The maximum Gasteiger partial charge on any atom is 0.150 e. The highest BCUT2D eigenvalue weighted by Crippen LogP contribution is 2.16. The molecule has 12 heavy (non-hydrogen) atoms. The third kappa shape index (κ3) is 1.51. The first-order valence-corrected chi connectivity index (χ1v) is 3.73. The summed E-state index contributed by atoms with van der Waals surface area (Å²) in [5, 5.41) is 8.64. The zero-order valence-corrected chi connectivity index (χ0v) is 6.82. The van der Waals surface area contributed by atoms with E-state index in [0.717, 1.165) is 11.8 Å². The minimum atomic E-state index is -0.216. The summed E-state index contributed by atoms with van der Waals surface area (Å²) in [5.74, 6) is -0.216. The molecule has 0 radical (unpaired) electrons. The van der Waals surface area contributed by atoms with Crippen LogP contribution in [0.5, 0.6) is 0 Å². The first-order chi connectivity index (χ1) is 5.79. The molecule has 0 heterocycles. The molecule has 1 atom stereocenters. The van der Waals surface area contributed by atoms with Crippen molar-refractivity contribution in [3.05, 3.63) is 35.4 Å². The molecule has 0 fully saturated rings. The lowest BCUT2D eigenvalue weighted by Gasteiger charge is -2.04. The molecular weight excluding hydrogens is 150 g/mol. The van der Waals surface area contributed by atoms with Gasteiger partial charge in [-0.05, 0) is 12.5 Å². The van der Waals surface area contributed by atoms with Crippen LogP contribution in [0.1, 0.15) is 28.8 Å². The van der Waals surface area contributed by atoms with Crippen molar-refractivity contribution in [2.24, 2.45) is 0 Å². The van der Waals surface area contributed by atoms with Crippen LogP contribution in [0.2, 0.25) is 0 Å². The third-order valence-corrected chi connectivity index (χ3v) is 1.78. The number of benzene rings is 1. The molecule has 1 aromatic rings. The summed E-state index contributed by atoms with van der Waals surface area (Å²) in [6.07, 6.45) is 0.781. The summed E-state index contributed by atoms with van der Waals surface area (Å²) < 4.78 is 0. The van der Waals surface area contributed by atoms with Crippen LogP contribution in [0.25, 0.3) is 0 Å². The fourth-order valence-electron chi connectivity index (χ4n) is 1.08. The molecule has 1 rings (SSSR count). The van der Waals surface area contributed by atoms with Crippen LogP contribution in [0, 0.1) is 11.3 Å². The minimum absolute atomic E-state index is 0.216. The lowest BCUT2D eigenvalue weighted by Crippen LogP contribution is -1.95. The Morgan fingerprint density at radius 3 is 2.75 bits per heavy atom. The Balaban J connectivity index is 3.15. The van der Waals surface area contributed by atoms with Gasteiger partial charge in [0.15, 0.2) is 0 Å². The normalized spacial score (nSPS) is 11.7. The van der Waals surface area contributed by atoms with E-state index in [2.05, 4.69) is 6.07 Å². The van der Waals surface area contributed by atoms with Gasteiger partial charge in [-0.1, -0.05) is 24.3 Å². The molecule has 0 aromatic heterocycles. The highest BCUT2D eigenvalue weighted by Gasteiger charge is 2.07. The second-order valence-electron chi connectivity index (χ2n) is 2.60. The quantitative estimate of drug-likeness (QED) is 0.620. The van der Waals surface area contributed by atoms with Crippen LogP contribution in [0.4, 0.5) is 0 Å². The zero-order chi connectivity index (χ0) is 8.97. The highest BCUT2D eigenvalue weighted by atomic mass is 16.1. The van der Waals surface area contributed by atoms with Gasteiger partial charge in [0.25, 0.3) is 0 Å². The second-order valence-corrected chi connectivity index (χ2v) is 2.60. The van der Waals surface area contributed by atoms with Crippen LogP contribution in [-0.2, 0) is 0 Å². The van der Waals surface area contributed by atoms with E-state index in [1.807, 2.05) is 6.07 Å². The van der Waals surface area contributed by atoms with Gasteiger partial charge >= 0.3 is 0 Å². The molecule has 1 unspecified atom stereocenters. The summed E-state index contributed by atoms with van der Waals surface area (Å²) in [5.41, 5.74) is 1.40. The van der Waals surface area contributed by atoms with Crippen molar-refractivity contribution in [1.29, 1.82) is 5.26 Å². The SMILES string of the molecule is CC(C#N)c1ccccc1C=O. The first kappa shape index (κ1) is 8.48. The molecule has 60 valence electrons. The molecule has 0 aliphatic heterocycles. The zero-order valence-electron chi connectivity index (χ0n) is 6.82. The Bertz CT molecular complexity index is 325. The lowest BCUT2D eigenvalue weighted by atomic mass is 9.98. The van der Waals surface area contributed by atoms with Crippen molar-refractivity contribution in [2.75, 3.05) is 0 Å². The molecule has 2 nitrogen and oxygen atoms in total. The van der Waals surface area contributed by atoms with E-state index < -0.39 is 0 Å². The van der Waals surface area contributed by atoms with Gasteiger partial charge in [0.2, 0.25) is 0 Å². The molecule has 0 saturated heterocycles. The van der Waals surface area contributed by atoms with Crippen LogP contribution in [0.3, 0.4) is 0 Å². The van der Waals surface area contributed by atoms with E-state index in [4.69, 9.17) is 5.26 Å². The Hall–Kier alpha value is -1.62. The molecule has 0 bridgehead atoms. The third-order valence-electron chi connectivity index (χ3n) is 1.78. The van der Waals surface area contributed by atoms with E-state index in [1.165, 1.54) is 0 Å². The van der Waals surface area contributed by atoms with Crippen LogP contribution >= 0.6 is 0 Å². The average Bonchev–Trinajstić information content (AvgIpc) is 2.16. The number of nitriles is 1. The Kier molecular flexibility index (Phi) is 2.60. The summed E-state index contributed by atoms with van der Waals surface area (Å²) in [4.78, 5) is 10.5. The summed E-state index contributed by atoms with van der Waals surface area (Å²) in [6.45, 7) is 1.78. The Morgan fingerprint density at radius 2 is 2.17 bits per heavy atom. The van der Waals surface area contributed by atoms with Gasteiger partial charge in [0, 0.05) is 5.56 Å². The van der Waals surface area contributed by atoms with Gasteiger partial charge in [-0.25, -0.2) is 0 Å². The van der Waals surface area contributed by atoms with Crippen molar-refractivity contribution >= 4 is 6.29 Å². The van der Waals surface area contributed by atoms with Crippen LogP contribution < -0.4 is 0 Å². The van der Waals surface area contributed by atoms with Gasteiger partial charge in [0.1, 0.15) is 6.29 Å². The van der Waals surface area contributed by atoms with Gasteiger partial charge < -0.3 is 0 Å². The number of hydrogen-bond donors (Lipinski definition) is 0. The molecule has 1 aromatic carbocycles. The molecule has 0 saturated carbocycles. The molecule has 0 aliphatic carbocycles. The summed E-state index contributed by atoms with van der Waals surface area (Å²) in [6, 6.07) is 9.24. The Labute approximate surface area is 71.4 Å². The largest absolute Gasteiger partial charge is 0.298 e. The van der Waals surface area contributed by atoms with Crippen molar-refractivity contribution in [3.8, 4) is 6.07 Å². The van der Waals surface area contributed by atoms with E-state index in [0.29, 0.717) is 5.56 Å². The van der Waals surface area contributed by atoms with E-state index in [1.54, 1.807) is 25.1 Å². The van der Waals surface area contributed by atoms with Crippen molar-refractivity contribution in [1.82, 2.24) is 0 Å². The Morgan fingerprint density at radius 1 is 1.50 bits per heavy atom. The second kappa shape index (κ2) is 3.68. The fourth-order valence-corrected chi connectivity index (χ4v) is 1.08. The van der Waals surface area contributed by atoms with E-state index in [-0.39, 0.29) is 5.92 Å². The van der Waals surface area contributed by atoms with Crippen molar-refractivity contribution in [2.45, 2.75) is 12.8 Å². The highest BCUT2D eigenvalue weighted by molar-refractivity contribution is 5.77. The lowest BCUT2D eigenvalue weighted by molar-refractivity contribution is 0.112. The van der Waals surface area contributed by atoms with Gasteiger partial charge in [0.05, 0.1) is 12.0 Å². The average molecular weight is 159 g/mol. The predicted octanol–water partition coefficient (Wildman–Crippen LogP) is 2.13. The number of aldehydes is 1. The van der Waals surface area contributed by atoms with Gasteiger partial charge in [-0.2, -0.15) is 5.26 Å². The maximum atomic E-state index is 10.5. The maximum absolute atomic E-state index is 10.5. The summed E-state index contributed by atoms with van der Waals surface area (Å²) in [7, 11) is 0. The first-order valence-electron chi connectivity index (χ1n) is 3.73. The number of carbonyl (C=O) groups excluding carboxylic acids is 1. The number of rotatable bonds is 2.